The number of esters is 1. The van der Waals surface area contributed by atoms with Gasteiger partial charge in [-0.15, -0.1) is 0 Å². The molecule has 0 aliphatic rings. The average Bonchev–Trinajstić information content (AvgIpc) is 2.51. The van der Waals surface area contributed by atoms with Crippen LogP contribution in [0, 0.1) is 13.8 Å². The number of carbonyl (C=O) groups is 1. The van der Waals surface area contributed by atoms with Crippen molar-refractivity contribution in [2.45, 2.75) is 20.0 Å². The molecule has 3 N–H and O–H groups in total. The Hall–Kier alpha value is -1.33. The number of hydrogen-bond acceptors (Lipinski definition) is 4. The minimum absolute atomic E-state index is 0.0777. The van der Waals surface area contributed by atoms with Crippen molar-refractivity contribution < 1.29 is 14.6 Å². The molecule has 5 nitrogen and oxygen atoms in total. The molecule has 16 heavy (non-hydrogen) atoms. The molecule has 0 aliphatic carbocycles. The maximum absolute atomic E-state index is 11.7. The van der Waals surface area contributed by atoms with Gasteiger partial charge in [0, 0.05) is 30.5 Å². The third-order valence-corrected chi connectivity index (χ3v) is 2.97. The minimum atomic E-state index is -0.839. The molecule has 0 bridgehead atoms. The predicted octanol–water partition coefficient (Wildman–Crippen LogP) is 0.421. The number of nitrogens with zero attached hydrogens (tertiary/aromatic N) is 1. The highest BCUT2D eigenvalue weighted by Gasteiger charge is 2.26. The van der Waals surface area contributed by atoms with E-state index in [4.69, 9.17) is 10.5 Å². The van der Waals surface area contributed by atoms with Crippen molar-refractivity contribution in [2.24, 2.45) is 12.8 Å². The minimum Gasteiger partial charge on any atom is -0.465 e. The molecule has 0 aliphatic heterocycles. The van der Waals surface area contributed by atoms with E-state index in [0.717, 1.165) is 11.4 Å². The maximum atomic E-state index is 11.7. The molecule has 1 aromatic heterocycles. The summed E-state index contributed by atoms with van der Waals surface area (Å²) < 4.78 is 6.56. The Morgan fingerprint density at radius 3 is 2.50 bits per heavy atom. The Labute approximate surface area is 94.8 Å². The first-order valence-electron chi connectivity index (χ1n) is 5.07. The highest BCUT2D eigenvalue weighted by atomic mass is 16.5. The van der Waals surface area contributed by atoms with Gasteiger partial charge in [0.25, 0.3) is 0 Å². The molecule has 90 valence electrons. The molecular weight excluding hydrogens is 208 g/mol. The van der Waals surface area contributed by atoms with Crippen LogP contribution < -0.4 is 5.73 Å². The van der Waals surface area contributed by atoms with E-state index in [9.17, 15) is 9.90 Å². The summed E-state index contributed by atoms with van der Waals surface area (Å²) in [6.45, 7) is 3.73. The SMILES string of the molecule is COC(=O)c1c([C@H](O)CN)c(C)n(C)c1C. The van der Waals surface area contributed by atoms with E-state index in [-0.39, 0.29) is 6.54 Å². The lowest BCUT2D eigenvalue weighted by Gasteiger charge is -2.10. The van der Waals surface area contributed by atoms with Crippen molar-refractivity contribution in [1.82, 2.24) is 4.57 Å². The van der Waals surface area contributed by atoms with Gasteiger partial charge in [-0.25, -0.2) is 4.79 Å². The average molecular weight is 226 g/mol. The van der Waals surface area contributed by atoms with E-state index in [1.165, 1.54) is 7.11 Å². The third-order valence-electron chi connectivity index (χ3n) is 2.97. The van der Waals surface area contributed by atoms with Crippen molar-refractivity contribution in [2.75, 3.05) is 13.7 Å². The van der Waals surface area contributed by atoms with Gasteiger partial charge in [0.15, 0.2) is 0 Å². The van der Waals surface area contributed by atoms with Crippen LogP contribution in [-0.2, 0) is 11.8 Å². The van der Waals surface area contributed by atoms with E-state index in [1.807, 2.05) is 25.5 Å². The standard InChI is InChI=1S/C11H18N2O3/c1-6-9(8(14)5-12)10(11(15)16-4)7(2)13(6)3/h8,14H,5,12H2,1-4H3/t8-/m1/s1. The van der Waals surface area contributed by atoms with E-state index >= 15 is 0 Å². The fraction of sp³-hybridized carbons (Fsp3) is 0.545. The molecule has 5 heteroatoms. The van der Waals surface area contributed by atoms with E-state index in [0.29, 0.717) is 11.1 Å². The summed E-state index contributed by atoms with van der Waals surface area (Å²) in [5.41, 5.74) is 8.01. The number of aliphatic hydroxyl groups excluding tert-OH is 1. The van der Waals surface area contributed by atoms with Crippen LogP contribution in [0.5, 0.6) is 0 Å². The Balaban J connectivity index is 3.45. The highest BCUT2D eigenvalue weighted by molar-refractivity contribution is 5.93. The van der Waals surface area contributed by atoms with Crippen molar-refractivity contribution in [3.63, 3.8) is 0 Å². The van der Waals surface area contributed by atoms with Gasteiger partial charge in [0.1, 0.15) is 0 Å². The smallest absolute Gasteiger partial charge is 0.340 e. The molecule has 0 aromatic carbocycles. The van der Waals surface area contributed by atoms with E-state index < -0.39 is 12.1 Å². The summed E-state index contributed by atoms with van der Waals surface area (Å²) in [6, 6.07) is 0. The summed E-state index contributed by atoms with van der Waals surface area (Å²) in [5.74, 6) is -0.441. The zero-order chi connectivity index (χ0) is 12.5. The van der Waals surface area contributed by atoms with Crippen LogP contribution in [0.3, 0.4) is 0 Å². The predicted molar refractivity (Wildman–Crippen MR) is 60.2 cm³/mol. The van der Waals surface area contributed by atoms with E-state index in [1.54, 1.807) is 0 Å². The number of nitrogens with two attached hydrogens (primary N) is 1. The lowest BCUT2D eigenvalue weighted by atomic mass is 10.0. The van der Waals surface area contributed by atoms with Crippen LogP contribution in [0.25, 0.3) is 0 Å². The summed E-state index contributed by atoms with van der Waals surface area (Å²) in [6.07, 6.45) is -0.839. The monoisotopic (exact) mass is 226 g/mol. The molecule has 0 radical (unpaired) electrons. The van der Waals surface area contributed by atoms with Gasteiger partial charge in [-0.3, -0.25) is 0 Å². The number of hydrogen-bond donors (Lipinski definition) is 2. The van der Waals surface area contributed by atoms with Crippen LogP contribution in [0.1, 0.15) is 33.4 Å². The van der Waals surface area contributed by atoms with Crippen LogP contribution in [0.15, 0.2) is 0 Å². The van der Waals surface area contributed by atoms with Crippen LogP contribution in [0.4, 0.5) is 0 Å². The zero-order valence-corrected chi connectivity index (χ0v) is 10.1. The molecule has 0 amide bonds. The molecule has 1 rings (SSSR count). The molecule has 0 fully saturated rings. The first-order valence-corrected chi connectivity index (χ1v) is 5.07. The number of rotatable bonds is 3. The van der Waals surface area contributed by atoms with Gasteiger partial charge in [0.05, 0.1) is 18.8 Å². The fourth-order valence-electron chi connectivity index (χ4n) is 1.86. The third kappa shape index (κ3) is 1.83. The molecule has 0 unspecified atom stereocenters. The fourth-order valence-corrected chi connectivity index (χ4v) is 1.86. The maximum Gasteiger partial charge on any atom is 0.340 e. The number of aliphatic hydroxyl groups is 1. The van der Waals surface area contributed by atoms with Crippen LogP contribution >= 0.6 is 0 Å². The number of methoxy groups -OCH3 is 1. The lowest BCUT2D eigenvalue weighted by Crippen LogP contribution is -2.16. The first kappa shape index (κ1) is 12.7. The lowest BCUT2D eigenvalue weighted by molar-refractivity contribution is 0.0593. The Bertz CT molecular complexity index is 410. The summed E-state index contributed by atoms with van der Waals surface area (Å²) in [7, 11) is 3.16. The number of ether oxygens (including phenoxy) is 1. The molecule has 0 saturated carbocycles. The Kier molecular flexibility index (Phi) is 3.72. The Morgan fingerprint density at radius 1 is 1.50 bits per heavy atom. The molecular formula is C11H18N2O3. The second-order valence-electron chi connectivity index (χ2n) is 3.76. The second-order valence-corrected chi connectivity index (χ2v) is 3.76. The van der Waals surface area contributed by atoms with Crippen molar-refractivity contribution in [1.29, 1.82) is 0 Å². The van der Waals surface area contributed by atoms with E-state index in [2.05, 4.69) is 0 Å². The summed E-state index contributed by atoms with van der Waals surface area (Å²) >= 11 is 0. The van der Waals surface area contributed by atoms with Crippen molar-refractivity contribution in [3.05, 3.63) is 22.5 Å². The van der Waals surface area contributed by atoms with Gasteiger partial charge < -0.3 is 20.1 Å². The molecule has 0 saturated heterocycles. The normalized spacial score (nSPS) is 12.6. The molecule has 1 heterocycles. The molecule has 0 spiro atoms. The van der Waals surface area contributed by atoms with Crippen molar-refractivity contribution in [3.8, 4) is 0 Å². The van der Waals surface area contributed by atoms with Gasteiger partial charge in [-0.05, 0) is 13.8 Å². The Morgan fingerprint density at radius 2 is 2.06 bits per heavy atom. The van der Waals surface area contributed by atoms with Crippen LogP contribution in [-0.4, -0.2) is 29.3 Å². The van der Waals surface area contributed by atoms with Gasteiger partial charge in [-0.1, -0.05) is 0 Å². The molecule has 1 atom stereocenters. The number of carbonyl (C=O) groups excluding carboxylic acids is 1. The second kappa shape index (κ2) is 4.67. The van der Waals surface area contributed by atoms with Crippen molar-refractivity contribution >= 4 is 5.97 Å². The topological polar surface area (TPSA) is 77.5 Å². The quantitative estimate of drug-likeness (QED) is 0.732. The number of aromatic nitrogens is 1. The summed E-state index contributed by atoms with van der Waals surface area (Å²) in [4.78, 5) is 11.7. The van der Waals surface area contributed by atoms with Gasteiger partial charge in [-0.2, -0.15) is 0 Å². The zero-order valence-electron chi connectivity index (χ0n) is 10.1. The van der Waals surface area contributed by atoms with Gasteiger partial charge >= 0.3 is 5.97 Å². The van der Waals surface area contributed by atoms with Crippen LogP contribution in [0.2, 0.25) is 0 Å². The first-order chi connectivity index (χ1) is 7.45. The highest BCUT2D eigenvalue weighted by Crippen LogP contribution is 2.27. The van der Waals surface area contributed by atoms with Gasteiger partial charge in [0.2, 0.25) is 0 Å². The summed E-state index contributed by atoms with van der Waals surface area (Å²) in [5, 5.41) is 9.83. The largest absolute Gasteiger partial charge is 0.465 e. The molecule has 1 aromatic rings.